The standard InChI is InChI=1S/C29H34N8O/c1-29(2,3)33-14-20(13-30)28(38)36-24-8-6-5-7-18-11-19(9-10-22(18)24)26-23-12-25(21-15-34-37(4)16-21)35-27(23)32-17-31-26/h9-17,24H,5-8,30H2,1-4H3,(H,36,38)(H,31,32,35). The molecule has 1 aliphatic carbocycles. The lowest BCUT2D eigenvalue weighted by atomic mass is 9.95. The Balaban J connectivity index is 1.45. The van der Waals surface area contributed by atoms with Crippen LogP contribution in [0.4, 0.5) is 0 Å². The van der Waals surface area contributed by atoms with Gasteiger partial charge in [0.05, 0.1) is 34.7 Å². The van der Waals surface area contributed by atoms with Crippen LogP contribution in [0, 0.1) is 0 Å². The third-order valence-corrected chi connectivity index (χ3v) is 6.76. The Morgan fingerprint density at radius 3 is 2.79 bits per heavy atom. The zero-order chi connectivity index (χ0) is 26.9. The molecule has 3 aromatic heterocycles. The highest BCUT2D eigenvalue weighted by Gasteiger charge is 2.23. The van der Waals surface area contributed by atoms with Gasteiger partial charge in [-0.1, -0.05) is 18.6 Å². The number of nitrogens with one attached hydrogen (secondary N) is 2. The molecule has 1 aromatic carbocycles. The van der Waals surface area contributed by atoms with Gasteiger partial charge in [0.1, 0.15) is 12.0 Å². The van der Waals surface area contributed by atoms with Crippen LogP contribution >= 0.6 is 0 Å². The number of rotatable bonds is 5. The third kappa shape index (κ3) is 5.37. The number of hydrogen-bond acceptors (Lipinski definition) is 6. The van der Waals surface area contributed by atoms with Gasteiger partial charge in [-0.15, -0.1) is 0 Å². The fourth-order valence-electron chi connectivity index (χ4n) is 4.85. The average molecular weight is 511 g/mol. The first-order valence-electron chi connectivity index (χ1n) is 13.0. The number of amides is 1. The highest BCUT2D eigenvalue weighted by molar-refractivity contribution is 6.12. The molecule has 196 valence electrons. The number of fused-ring (bicyclic) bond motifs is 2. The maximum atomic E-state index is 13.1. The zero-order valence-corrected chi connectivity index (χ0v) is 22.3. The smallest absolute Gasteiger partial charge is 0.254 e. The third-order valence-electron chi connectivity index (χ3n) is 6.76. The molecule has 0 saturated heterocycles. The molecule has 0 radical (unpaired) electrons. The second-order valence-electron chi connectivity index (χ2n) is 10.8. The van der Waals surface area contributed by atoms with Crippen molar-refractivity contribution in [2.24, 2.45) is 17.8 Å². The summed E-state index contributed by atoms with van der Waals surface area (Å²) in [6, 6.07) is 8.40. The molecule has 4 N–H and O–H groups in total. The van der Waals surface area contributed by atoms with Crippen molar-refractivity contribution in [2.45, 2.75) is 58.0 Å². The second-order valence-corrected chi connectivity index (χ2v) is 10.8. The molecule has 9 nitrogen and oxygen atoms in total. The summed E-state index contributed by atoms with van der Waals surface area (Å²) >= 11 is 0. The molecule has 1 amide bonds. The first-order valence-corrected chi connectivity index (χ1v) is 13.0. The van der Waals surface area contributed by atoms with Gasteiger partial charge >= 0.3 is 0 Å². The van der Waals surface area contributed by atoms with Crippen molar-refractivity contribution in [3.8, 4) is 22.5 Å². The first-order chi connectivity index (χ1) is 18.2. The van der Waals surface area contributed by atoms with E-state index in [0.717, 1.165) is 64.8 Å². The number of benzene rings is 1. The number of aromatic amines is 1. The van der Waals surface area contributed by atoms with Crippen LogP contribution in [-0.4, -0.2) is 42.4 Å². The largest absolute Gasteiger partial charge is 0.404 e. The maximum Gasteiger partial charge on any atom is 0.254 e. The van der Waals surface area contributed by atoms with Gasteiger partial charge in [-0.3, -0.25) is 14.5 Å². The van der Waals surface area contributed by atoms with Crippen LogP contribution in [0.3, 0.4) is 0 Å². The van der Waals surface area contributed by atoms with E-state index in [2.05, 4.69) is 54.6 Å². The van der Waals surface area contributed by atoms with Crippen LogP contribution in [0.1, 0.15) is 57.2 Å². The molecule has 38 heavy (non-hydrogen) atoms. The summed E-state index contributed by atoms with van der Waals surface area (Å²) in [6.45, 7) is 5.94. The number of aryl methyl sites for hydroxylation is 2. The topological polar surface area (TPSA) is 127 Å². The van der Waals surface area contributed by atoms with E-state index < -0.39 is 0 Å². The van der Waals surface area contributed by atoms with Crippen LogP contribution in [0.25, 0.3) is 33.5 Å². The molecule has 0 fully saturated rings. The monoisotopic (exact) mass is 510 g/mol. The number of nitrogens with two attached hydrogens (primary N) is 1. The summed E-state index contributed by atoms with van der Waals surface area (Å²) in [5.41, 5.74) is 12.8. The van der Waals surface area contributed by atoms with Gasteiger partial charge < -0.3 is 16.0 Å². The van der Waals surface area contributed by atoms with E-state index >= 15 is 0 Å². The lowest BCUT2D eigenvalue weighted by Gasteiger charge is -2.20. The SMILES string of the molecule is Cn1cc(-c2cc3c(-c4ccc5c(c4)CCCCC5NC(=O)C(C=NC(C)(C)C)=CN)ncnc3[nH]2)cn1. The van der Waals surface area contributed by atoms with Crippen molar-refractivity contribution in [3.63, 3.8) is 0 Å². The van der Waals surface area contributed by atoms with E-state index in [9.17, 15) is 4.79 Å². The molecule has 5 rings (SSSR count). The number of aliphatic imine (C=N–C) groups is 1. The summed E-state index contributed by atoms with van der Waals surface area (Å²) in [6.07, 6.45) is 12.2. The van der Waals surface area contributed by atoms with Gasteiger partial charge in [-0.25, -0.2) is 9.97 Å². The van der Waals surface area contributed by atoms with Crippen molar-refractivity contribution < 1.29 is 4.79 Å². The van der Waals surface area contributed by atoms with Crippen LogP contribution in [0.2, 0.25) is 0 Å². The van der Waals surface area contributed by atoms with Crippen LogP contribution < -0.4 is 11.1 Å². The fourth-order valence-corrected chi connectivity index (χ4v) is 4.85. The number of nitrogens with zero attached hydrogens (tertiary/aromatic N) is 5. The second kappa shape index (κ2) is 10.2. The first kappa shape index (κ1) is 25.4. The fraction of sp³-hybridized carbons (Fsp3) is 0.345. The van der Waals surface area contributed by atoms with Gasteiger partial charge in [0.15, 0.2) is 0 Å². The molecule has 0 spiro atoms. The van der Waals surface area contributed by atoms with Crippen LogP contribution in [0.15, 0.2) is 59.8 Å². The summed E-state index contributed by atoms with van der Waals surface area (Å²) < 4.78 is 1.78. The Morgan fingerprint density at radius 1 is 1.21 bits per heavy atom. The lowest BCUT2D eigenvalue weighted by molar-refractivity contribution is -0.117. The molecule has 3 heterocycles. The van der Waals surface area contributed by atoms with Crippen LogP contribution in [-0.2, 0) is 18.3 Å². The molecule has 1 unspecified atom stereocenters. The summed E-state index contributed by atoms with van der Waals surface area (Å²) in [5, 5.41) is 8.44. The van der Waals surface area contributed by atoms with Crippen LogP contribution in [0.5, 0.6) is 0 Å². The number of hydrogen-bond donors (Lipinski definition) is 3. The Kier molecular flexibility index (Phi) is 6.84. The highest BCUT2D eigenvalue weighted by atomic mass is 16.1. The maximum absolute atomic E-state index is 13.1. The number of H-pyrrole nitrogens is 1. The summed E-state index contributed by atoms with van der Waals surface area (Å²) in [4.78, 5) is 30.0. The average Bonchev–Trinajstić information content (AvgIpc) is 3.46. The molecular weight excluding hydrogens is 476 g/mol. The van der Waals surface area contributed by atoms with Crippen molar-refractivity contribution in [2.75, 3.05) is 0 Å². The molecule has 0 aliphatic heterocycles. The molecule has 9 heteroatoms. The van der Waals surface area contributed by atoms with E-state index in [1.54, 1.807) is 17.2 Å². The van der Waals surface area contributed by atoms with E-state index in [1.165, 1.54) is 11.8 Å². The number of carbonyl (C=O) groups is 1. The predicted octanol–water partition coefficient (Wildman–Crippen LogP) is 4.62. The summed E-state index contributed by atoms with van der Waals surface area (Å²) in [5.74, 6) is -0.213. The quantitative estimate of drug-likeness (QED) is 0.205. The minimum atomic E-state index is -0.287. The molecule has 1 aliphatic rings. The van der Waals surface area contributed by atoms with Gasteiger partial charge in [-0.2, -0.15) is 5.10 Å². The Bertz CT molecular complexity index is 1540. The van der Waals surface area contributed by atoms with Gasteiger partial charge in [0.25, 0.3) is 5.91 Å². The van der Waals surface area contributed by atoms with Gasteiger partial charge in [0.2, 0.25) is 0 Å². The van der Waals surface area contributed by atoms with Crippen molar-refractivity contribution in [1.82, 2.24) is 30.0 Å². The van der Waals surface area contributed by atoms with Crippen molar-refractivity contribution in [3.05, 3.63) is 65.9 Å². The lowest BCUT2D eigenvalue weighted by Crippen LogP contribution is -2.31. The van der Waals surface area contributed by atoms with Gasteiger partial charge in [0, 0.05) is 42.2 Å². The Labute approximate surface area is 222 Å². The minimum absolute atomic E-state index is 0.0955. The van der Waals surface area contributed by atoms with E-state index in [-0.39, 0.29) is 17.5 Å². The minimum Gasteiger partial charge on any atom is -0.404 e. The Morgan fingerprint density at radius 2 is 2.05 bits per heavy atom. The molecule has 1 atom stereocenters. The Hall–Kier alpha value is -4.27. The molecule has 4 aromatic rings. The highest BCUT2D eigenvalue weighted by Crippen LogP contribution is 2.34. The number of carbonyl (C=O) groups excluding carboxylic acids is 1. The number of aromatic nitrogens is 5. The van der Waals surface area contributed by atoms with Crippen molar-refractivity contribution >= 4 is 23.2 Å². The normalized spacial score (nSPS) is 16.5. The van der Waals surface area contributed by atoms with E-state index in [1.807, 2.05) is 40.2 Å². The molecule has 0 saturated carbocycles. The van der Waals surface area contributed by atoms with Gasteiger partial charge in [-0.05, 0) is 63.3 Å². The van der Waals surface area contributed by atoms with E-state index in [0.29, 0.717) is 5.57 Å². The molecular formula is C29H34N8O. The van der Waals surface area contributed by atoms with Crippen molar-refractivity contribution in [1.29, 1.82) is 0 Å². The van der Waals surface area contributed by atoms with E-state index in [4.69, 9.17) is 5.73 Å². The zero-order valence-electron chi connectivity index (χ0n) is 22.3. The summed E-state index contributed by atoms with van der Waals surface area (Å²) in [7, 11) is 1.90. The predicted molar refractivity (Wildman–Crippen MR) is 150 cm³/mol. The molecule has 0 bridgehead atoms.